The number of aliphatic carboxylic acids is 1. The van der Waals surface area contributed by atoms with Crippen LogP contribution in [-0.2, 0) is 4.79 Å². The van der Waals surface area contributed by atoms with E-state index in [2.05, 4.69) is 17.6 Å². The molecule has 110 valence electrons. The molecule has 5 nitrogen and oxygen atoms in total. The van der Waals surface area contributed by atoms with Gasteiger partial charge in [-0.1, -0.05) is 13.3 Å². The molecule has 1 atom stereocenters. The summed E-state index contributed by atoms with van der Waals surface area (Å²) in [6, 6.07) is -0.190. The molecule has 2 amide bonds. The van der Waals surface area contributed by atoms with Crippen LogP contribution in [-0.4, -0.2) is 42.2 Å². The van der Waals surface area contributed by atoms with E-state index in [-0.39, 0.29) is 17.9 Å². The van der Waals surface area contributed by atoms with Gasteiger partial charge < -0.3 is 15.7 Å². The van der Waals surface area contributed by atoms with Crippen LogP contribution in [0.4, 0.5) is 4.79 Å². The third-order valence-electron chi connectivity index (χ3n) is 3.63. The summed E-state index contributed by atoms with van der Waals surface area (Å²) in [5, 5.41) is 14.5. The molecule has 0 spiro atoms. The topological polar surface area (TPSA) is 78.4 Å². The van der Waals surface area contributed by atoms with Crippen LogP contribution in [0.5, 0.6) is 0 Å². The highest BCUT2D eigenvalue weighted by molar-refractivity contribution is 7.98. The van der Waals surface area contributed by atoms with E-state index < -0.39 is 5.97 Å². The smallest absolute Gasteiger partial charge is 0.314 e. The monoisotopic (exact) mass is 288 g/mol. The van der Waals surface area contributed by atoms with E-state index in [9.17, 15) is 9.59 Å². The summed E-state index contributed by atoms with van der Waals surface area (Å²) in [6.07, 6.45) is 5.03. The molecule has 0 radical (unpaired) electrons. The van der Waals surface area contributed by atoms with Crippen molar-refractivity contribution in [2.75, 3.05) is 25.1 Å². The van der Waals surface area contributed by atoms with E-state index in [1.54, 1.807) is 11.8 Å². The molecule has 1 rings (SSSR count). The lowest BCUT2D eigenvalue weighted by Gasteiger charge is -2.40. The number of rotatable bonds is 8. The fraction of sp³-hybridized carbons (Fsp3) is 0.846. The van der Waals surface area contributed by atoms with Crippen molar-refractivity contribution in [3.8, 4) is 0 Å². The molecule has 0 bridgehead atoms. The van der Waals surface area contributed by atoms with Crippen LogP contribution in [0.3, 0.4) is 0 Å². The average molecular weight is 288 g/mol. The largest absolute Gasteiger partial charge is 0.481 e. The lowest BCUT2D eigenvalue weighted by atomic mass is 9.66. The van der Waals surface area contributed by atoms with Crippen molar-refractivity contribution in [2.45, 2.75) is 32.6 Å². The van der Waals surface area contributed by atoms with Gasteiger partial charge in [0.15, 0.2) is 0 Å². The number of carbonyl (C=O) groups is 2. The summed E-state index contributed by atoms with van der Waals surface area (Å²) in [4.78, 5) is 22.5. The Labute approximate surface area is 118 Å². The van der Waals surface area contributed by atoms with Gasteiger partial charge in [-0.15, -0.1) is 0 Å². The number of carboxylic acids is 1. The molecule has 3 N–H and O–H groups in total. The van der Waals surface area contributed by atoms with Gasteiger partial charge >= 0.3 is 12.0 Å². The van der Waals surface area contributed by atoms with Crippen LogP contribution in [0.2, 0.25) is 0 Å². The number of urea groups is 1. The molecule has 1 unspecified atom stereocenters. The molecule has 19 heavy (non-hydrogen) atoms. The normalized spacial score (nSPS) is 18.2. The molecule has 0 aliphatic heterocycles. The second-order valence-corrected chi connectivity index (χ2v) is 6.46. The highest BCUT2D eigenvalue weighted by Gasteiger charge is 2.39. The molecule has 6 heteroatoms. The Bertz CT molecular complexity index is 319. The van der Waals surface area contributed by atoms with Crippen molar-refractivity contribution >= 4 is 23.8 Å². The third kappa shape index (κ3) is 5.72. The van der Waals surface area contributed by atoms with Crippen molar-refractivity contribution in [2.24, 2.45) is 11.3 Å². The molecule has 0 saturated heterocycles. The number of thioether (sulfide) groups is 1. The van der Waals surface area contributed by atoms with Gasteiger partial charge in [0, 0.05) is 13.1 Å². The second-order valence-electron chi connectivity index (χ2n) is 5.55. The Morgan fingerprint density at radius 1 is 1.37 bits per heavy atom. The minimum atomic E-state index is -0.782. The van der Waals surface area contributed by atoms with E-state index >= 15 is 0 Å². The zero-order valence-electron chi connectivity index (χ0n) is 11.7. The predicted molar refractivity (Wildman–Crippen MR) is 77.5 cm³/mol. The van der Waals surface area contributed by atoms with Gasteiger partial charge in [0.1, 0.15) is 0 Å². The summed E-state index contributed by atoms with van der Waals surface area (Å²) in [7, 11) is 0. The molecule has 0 heterocycles. The lowest BCUT2D eigenvalue weighted by Crippen LogP contribution is -2.47. The maximum Gasteiger partial charge on any atom is 0.314 e. The predicted octanol–water partition coefficient (Wildman–Crippen LogP) is 1.93. The summed E-state index contributed by atoms with van der Waals surface area (Å²) >= 11 is 1.76. The first-order valence-electron chi connectivity index (χ1n) is 6.70. The van der Waals surface area contributed by atoms with Gasteiger partial charge in [0.25, 0.3) is 0 Å². The van der Waals surface area contributed by atoms with Crippen LogP contribution >= 0.6 is 11.8 Å². The van der Waals surface area contributed by atoms with E-state index in [0.29, 0.717) is 19.0 Å². The summed E-state index contributed by atoms with van der Waals surface area (Å²) in [5.41, 5.74) is -0.214. The number of carboxylic acid groups (broad SMARTS) is 1. The van der Waals surface area contributed by atoms with Crippen molar-refractivity contribution in [3.05, 3.63) is 0 Å². The van der Waals surface area contributed by atoms with Gasteiger partial charge in [-0.25, -0.2) is 4.79 Å². The summed E-state index contributed by atoms with van der Waals surface area (Å²) < 4.78 is 0. The number of carbonyl (C=O) groups excluding carboxylic acids is 1. The average Bonchev–Trinajstić information content (AvgIpc) is 2.29. The van der Waals surface area contributed by atoms with Crippen LogP contribution in [0.1, 0.15) is 32.6 Å². The Balaban J connectivity index is 2.23. The Kier molecular flexibility index (Phi) is 6.48. The summed E-state index contributed by atoms with van der Waals surface area (Å²) in [6.45, 7) is 3.20. The molecule has 0 aromatic rings. The van der Waals surface area contributed by atoms with Crippen molar-refractivity contribution in [1.29, 1.82) is 0 Å². The fourth-order valence-corrected chi connectivity index (χ4v) is 3.04. The van der Waals surface area contributed by atoms with E-state index in [0.717, 1.165) is 25.0 Å². The van der Waals surface area contributed by atoms with Crippen LogP contribution in [0, 0.1) is 11.3 Å². The highest BCUT2D eigenvalue weighted by Crippen LogP contribution is 2.43. The quantitative estimate of drug-likeness (QED) is 0.638. The zero-order chi connectivity index (χ0) is 14.3. The maximum absolute atomic E-state index is 11.6. The number of nitrogens with one attached hydrogen (secondary N) is 2. The maximum atomic E-state index is 11.6. The molecule has 0 aromatic carbocycles. The number of amides is 2. The molecule has 1 aliphatic rings. The lowest BCUT2D eigenvalue weighted by molar-refractivity contribution is -0.141. The fourth-order valence-electron chi connectivity index (χ4n) is 2.35. The van der Waals surface area contributed by atoms with E-state index in [1.807, 2.05) is 6.26 Å². The number of hydrogen-bond acceptors (Lipinski definition) is 3. The van der Waals surface area contributed by atoms with E-state index in [1.165, 1.54) is 0 Å². The van der Waals surface area contributed by atoms with Gasteiger partial charge in [-0.3, -0.25) is 4.79 Å². The van der Waals surface area contributed by atoms with E-state index in [4.69, 9.17) is 5.11 Å². The second kappa shape index (κ2) is 7.62. The van der Waals surface area contributed by atoms with Gasteiger partial charge in [-0.05, 0) is 36.2 Å². The van der Waals surface area contributed by atoms with Crippen molar-refractivity contribution in [1.82, 2.24) is 10.6 Å². The zero-order valence-corrected chi connectivity index (χ0v) is 12.5. The number of hydrogen-bond donors (Lipinski definition) is 3. The van der Waals surface area contributed by atoms with Gasteiger partial charge in [-0.2, -0.15) is 11.8 Å². The molecule has 1 fully saturated rings. The first-order valence-corrected chi connectivity index (χ1v) is 8.09. The molecule has 0 aromatic heterocycles. The Morgan fingerprint density at radius 3 is 2.53 bits per heavy atom. The standard InChI is InChI=1S/C13H24N2O3S/c1-10(8-19-2)7-14-12(18)15-9-13(4-3-5-13)6-11(16)17/h10H,3-9H2,1-2H3,(H,16,17)(H2,14,15,18). The Morgan fingerprint density at radius 2 is 2.05 bits per heavy atom. The molecular formula is C13H24N2O3S. The minimum absolute atomic E-state index is 0.149. The molecule has 1 aliphatic carbocycles. The van der Waals surface area contributed by atoms with Crippen molar-refractivity contribution < 1.29 is 14.7 Å². The Hall–Kier alpha value is -0.910. The van der Waals surface area contributed by atoms with Crippen LogP contribution in [0.15, 0.2) is 0 Å². The molecular weight excluding hydrogens is 264 g/mol. The first kappa shape index (κ1) is 16.1. The third-order valence-corrected chi connectivity index (χ3v) is 4.53. The van der Waals surface area contributed by atoms with Gasteiger partial charge in [0.05, 0.1) is 6.42 Å². The molecule has 1 saturated carbocycles. The summed E-state index contributed by atoms with van der Waals surface area (Å²) in [5.74, 6) is 0.677. The van der Waals surface area contributed by atoms with Crippen LogP contribution in [0.25, 0.3) is 0 Å². The highest BCUT2D eigenvalue weighted by atomic mass is 32.2. The first-order chi connectivity index (χ1) is 8.97. The van der Waals surface area contributed by atoms with Crippen LogP contribution < -0.4 is 10.6 Å². The van der Waals surface area contributed by atoms with Gasteiger partial charge in [0.2, 0.25) is 0 Å². The van der Waals surface area contributed by atoms with Crippen molar-refractivity contribution in [3.63, 3.8) is 0 Å². The minimum Gasteiger partial charge on any atom is -0.481 e. The SMILES string of the molecule is CSCC(C)CNC(=O)NCC1(CC(=O)O)CCC1.